The molecule has 0 spiro atoms. The number of aromatic hydroxyl groups is 1. The van der Waals surface area contributed by atoms with Crippen molar-refractivity contribution >= 4 is 17.1 Å². The van der Waals surface area contributed by atoms with Crippen LogP contribution in [-0.2, 0) is 0 Å². The number of nitrogens with zero attached hydrogens (tertiary/aromatic N) is 1. The Morgan fingerprint density at radius 3 is 2.35 bits per heavy atom. The lowest BCUT2D eigenvalue weighted by Crippen LogP contribution is -2.09. The topological polar surface area (TPSA) is 68.0 Å². The molecule has 0 aliphatic rings. The first-order chi connectivity index (χ1) is 14.8. The van der Waals surface area contributed by atoms with Gasteiger partial charge in [0.25, 0.3) is 0 Å². The molecular weight excluding hydrogens is 390 g/mol. The van der Waals surface area contributed by atoms with Gasteiger partial charge in [0.15, 0.2) is 5.78 Å². The first kappa shape index (κ1) is 20.4. The van der Waals surface area contributed by atoms with Gasteiger partial charge in [-0.1, -0.05) is 35.9 Å². The van der Waals surface area contributed by atoms with Gasteiger partial charge >= 0.3 is 0 Å². The number of phenolic OH excluding ortho intramolecular Hbond substituents is 1. The minimum atomic E-state index is -0.416. The Morgan fingerprint density at radius 2 is 1.71 bits per heavy atom. The lowest BCUT2D eigenvalue weighted by molar-refractivity contribution is 0.101. The van der Waals surface area contributed by atoms with Crippen LogP contribution >= 0.6 is 0 Å². The van der Waals surface area contributed by atoms with Crippen LogP contribution in [0.25, 0.3) is 16.8 Å². The number of rotatable bonds is 5. The standard InChI is InChI=1S/C26H23NO4/c1-15-8-10-18(11-9-15)25-16(2)12-21-20(17(3)28)13-19(14-27(21)25)26(30)24-22(29)6-5-7-23(24)31-4/h5-14,29H,1-4H3. The monoisotopic (exact) mass is 413 g/mol. The largest absolute Gasteiger partial charge is 0.507 e. The lowest BCUT2D eigenvalue weighted by Gasteiger charge is -2.13. The molecule has 0 unspecified atom stereocenters. The summed E-state index contributed by atoms with van der Waals surface area (Å²) in [6, 6.07) is 16.3. The van der Waals surface area contributed by atoms with E-state index in [0.29, 0.717) is 11.1 Å². The van der Waals surface area contributed by atoms with Gasteiger partial charge in [0.1, 0.15) is 17.1 Å². The molecule has 0 amide bonds. The minimum Gasteiger partial charge on any atom is -0.507 e. The van der Waals surface area contributed by atoms with Gasteiger partial charge in [-0.05, 0) is 56.2 Å². The van der Waals surface area contributed by atoms with Crippen molar-refractivity contribution in [1.82, 2.24) is 4.40 Å². The maximum absolute atomic E-state index is 13.4. The number of ether oxygens (including phenoxy) is 1. The number of carbonyl (C=O) groups is 2. The quantitative estimate of drug-likeness (QED) is 0.447. The number of benzene rings is 2. The summed E-state index contributed by atoms with van der Waals surface area (Å²) in [4.78, 5) is 25.9. The van der Waals surface area contributed by atoms with E-state index in [1.54, 1.807) is 24.4 Å². The van der Waals surface area contributed by atoms with Crippen LogP contribution in [0, 0.1) is 13.8 Å². The van der Waals surface area contributed by atoms with Gasteiger partial charge < -0.3 is 14.2 Å². The van der Waals surface area contributed by atoms with E-state index in [9.17, 15) is 14.7 Å². The number of pyridine rings is 1. The second-order valence-corrected chi connectivity index (χ2v) is 7.68. The van der Waals surface area contributed by atoms with E-state index in [2.05, 4.69) is 0 Å². The fourth-order valence-corrected chi connectivity index (χ4v) is 3.95. The Balaban J connectivity index is 2.00. The SMILES string of the molecule is COc1cccc(O)c1C(=O)c1cc(C(C)=O)c2cc(C)c(-c3ccc(C)cc3)n2c1. The Kier molecular flexibility index (Phi) is 5.11. The zero-order valence-electron chi connectivity index (χ0n) is 17.9. The van der Waals surface area contributed by atoms with E-state index in [1.165, 1.54) is 20.1 Å². The number of ketones is 2. The van der Waals surface area contributed by atoms with Crippen LogP contribution in [0.2, 0.25) is 0 Å². The lowest BCUT2D eigenvalue weighted by atomic mass is 10.00. The predicted molar refractivity (Wildman–Crippen MR) is 120 cm³/mol. The van der Waals surface area contributed by atoms with Crippen molar-refractivity contribution < 1.29 is 19.4 Å². The smallest absolute Gasteiger partial charge is 0.202 e. The molecule has 0 aliphatic heterocycles. The summed E-state index contributed by atoms with van der Waals surface area (Å²) in [5.41, 5.74) is 5.59. The summed E-state index contributed by atoms with van der Waals surface area (Å²) >= 11 is 0. The number of hydrogen-bond donors (Lipinski definition) is 1. The van der Waals surface area contributed by atoms with Crippen LogP contribution in [0.1, 0.15) is 44.3 Å². The van der Waals surface area contributed by atoms with Gasteiger partial charge in [0.05, 0.1) is 18.3 Å². The molecule has 156 valence electrons. The number of aryl methyl sites for hydroxylation is 2. The Labute approximate surface area is 180 Å². The molecule has 2 heterocycles. The summed E-state index contributed by atoms with van der Waals surface area (Å²) < 4.78 is 7.17. The molecule has 0 aliphatic carbocycles. The summed E-state index contributed by atoms with van der Waals surface area (Å²) in [6.45, 7) is 5.49. The molecule has 0 saturated carbocycles. The van der Waals surface area contributed by atoms with Crippen molar-refractivity contribution in [3.8, 4) is 22.8 Å². The molecule has 5 heteroatoms. The van der Waals surface area contributed by atoms with Gasteiger partial charge in [0, 0.05) is 17.3 Å². The van der Waals surface area contributed by atoms with E-state index in [0.717, 1.165) is 27.9 Å². The highest BCUT2D eigenvalue weighted by atomic mass is 16.5. The summed E-state index contributed by atoms with van der Waals surface area (Å²) in [5.74, 6) is -0.453. The third-order valence-electron chi connectivity index (χ3n) is 5.49. The zero-order valence-corrected chi connectivity index (χ0v) is 17.9. The summed E-state index contributed by atoms with van der Waals surface area (Å²) in [5, 5.41) is 10.3. The highest BCUT2D eigenvalue weighted by molar-refractivity contribution is 6.14. The zero-order chi connectivity index (χ0) is 22.3. The Bertz CT molecular complexity index is 1330. The number of methoxy groups -OCH3 is 1. The number of fused-ring (bicyclic) bond motifs is 1. The van der Waals surface area contributed by atoms with Crippen LogP contribution in [0.15, 0.2) is 60.8 Å². The maximum Gasteiger partial charge on any atom is 0.202 e. The molecule has 31 heavy (non-hydrogen) atoms. The van der Waals surface area contributed by atoms with Crippen LogP contribution in [0.4, 0.5) is 0 Å². The molecule has 2 aromatic heterocycles. The van der Waals surface area contributed by atoms with Crippen LogP contribution < -0.4 is 4.74 Å². The fraction of sp³-hybridized carbons (Fsp3) is 0.154. The number of aromatic nitrogens is 1. The minimum absolute atomic E-state index is 0.0691. The van der Waals surface area contributed by atoms with Crippen molar-refractivity contribution in [2.24, 2.45) is 0 Å². The molecule has 4 rings (SSSR count). The number of phenols is 1. The van der Waals surface area contributed by atoms with E-state index in [1.807, 2.05) is 48.6 Å². The number of hydrogen-bond acceptors (Lipinski definition) is 4. The van der Waals surface area contributed by atoms with Gasteiger partial charge in [-0.2, -0.15) is 0 Å². The molecule has 2 aromatic carbocycles. The maximum atomic E-state index is 13.4. The first-order valence-electron chi connectivity index (χ1n) is 9.96. The van der Waals surface area contributed by atoms with Gasteiger partial charge in [-0.15, -0.1) is 0 Å². The highest BCUT2D eigenvalue weighted by Gasteiger charge is 2.23. The van der Waals surface area contributed by atoms with Gasteiger partial charge in [-0.3, -0.25) is 9.59 Å². The summed E-state index contributed by atoms with van der Waals surface area (Å²) in [7, 11) is 1.44. The second-order valence-electron chi connectivity index (χ2n) is 7.68. The molecule has 0 bridgehead atoms. The summed E-state index contributed by atoms with van der Waals surface area (Å²) in [6.07, 6.45) is 1.72. The van der Waals surface area contributed by atoms with E-state index >= 15 is 0 Å². The Morgan fingerprint density at radius 1 is 1.00 bits per heavy atom. The van der Waals surface area contributed by atoms with Crippen LogP contribution in [0.3, 0.4) is 0 Å². The fourth-order valence-electron chi connectivity index (χ4n) is 3.95. The van der Waals surface area contributed by atoms with E-state index < -0.39 is 5.78 Å². The number of Topliss-reactive ketones (excluding diaryl/α,β-unsaturated/α-hetero) is 1. The van der Waals surface area contributed by atoms with Crippen LogP contribution in [-0.4, -0.2) is 28.2 Å². The average molecular weight is 413 g/mol. The van der Waals surface area contributed by atoms with E-state index in [-0.39, 0.29) is 22.8 Å². The van der Waals surface area contributed by atoms with Gasteiger partial charge in [0.2, 0.25) is 5.78 Å². The third kappa shape index (κ3) is 3.48. The molecule has 4 aromatic rings. The molecule has 1 N–H and O–H groups in total. The number of carbonyl (C=O) groups excluding carboxylic acids is 2. The van der Waals surface area contributed by atoms with Crippen molar-refractivity contribution in [2.45, 2.75) is 20.8 Å². The Hall–Kier alpha value is -3.86. The molecule has 0 fully saturated rings. The third-order valence-corrected chi connectivity index (χ3v) is 5.49. The molecule has 0 saturated heterocycles. The van der Waals surface area contributed by atoms with Crippen molar-refractivity contribution in [3.05, 3.63) is 88.6 Å². The predicted octanol–water partition coefficient (Wildman–Crippen LogP) is 5.37. The van der Waals surface area contributed by atoms with Crippen molar-refractivity contribution in [2.75, 3.05) is 7.11 Å². The molecule has 0 atom stereocenters. The first-order valence-corrected chi connectivity index (χ1v) is 9.96. The highest BCUT2D eigenvalue weighted by Crippen LogP contribution is 2.33. The molecule has 0 radical (unpaired) electrons. The molecule has 5 nitrogen and oxygen atoms in total. The van der Waals surface area contributed by atoms with Crippen LogP contribution in [0.5, 0.6) is 11.5 Å². The van der Waals surface area contributed by atoms with E-state index in [4.69, 9.17) is 4.74 Å². The van der Waals surface area contributed by atoms with Crippen molar-refractivity contribution in [1.29, 1.82) is 0 Å². The van der Waals surface area contributed by atoms with Crippen molar-refractivity contribution in [3.63, 3.8) is 0 Å². The van der Waals surface area contributed by atoms with Gasteiger partial charge in [-0.25, -0.2) is 0 Å². The molecular formula is C26H23NO4. The normalized spacial score (nSPS) is 11.0. The second kappa shape index (κ2) is 7.76. The average Bonchev–Trinajstić information content (AvgIpc) is 3.08.